The Morgan fingerprint density at radius 1 is 1.37 bits per heavy atom. The number of carbonyl (C=O) groups is 1. The summed E-state index contributed by atoms with van der Waals surface area (Å²) in [4.78, 5) is 12.4. The number of carbonyl (C=O) groups excluding carboxylic acids is 1. The smallest absolute Gasteiger partial charge is 0.230 e. The molecule has 2 aliphatic rings. The molecule has 1 saturated carbocycles. The summed E-state index contributed by atoms with van der Waals surface area (Å²) < 4.78 is 5.53. The Kier molecular flexibility index (Phi) is 3.50. The minimum atomic E-state index is -0.316. The molecule has 102 valence electrons. The molecule has 1 aliphatic heterocycles. The Balaban J connectivity index is 1.63. The predicted octanol–water partition coefficient (Wildman–Crippen LogP) is 2.67. The van der Waals surface area contributed by atoms with Crippen molar-refractivity contribution in [3.05, 3.63) is 34.9 Å². The summed E-state index contributed by atoms with van der Waals surface area (Å²) >= 11 is 5.89. The van der Waals surface area contributed by atoms with E-state index in [0.29, 0.717) is 11.6 Å². The van der Waals surface area contributed by atoms with Crippen molar-refractivity contribution in [1.82, 2.24) is 5.32 Å². The molecule has 1 N–H and O–H groups in total. The van der Waals surface area contributed by atoms with Crippen LogP contribution in [0.2, 0.25) is 5.02 Å². The normalized spacial score (nSPS) is 24.2. The van der Waals surface area contributed by atoms with Gasteiger partial charge in [0.1, 0.15) is 0 Å². The lowest BCUT2D eigenvalue weighted by Crippen LogP contribution is -2.39. The van der Waals surface area contributed by atoms with Crippen LogP contribution in [0.1, 0.15) is 31.2 Å². The van der Waals surface area contributed by atoms with Gasteiger partial charge in [-0.1, -0.05) is 23.7 Å². The first-order chi connectivity index (χ1) is 9.21. The molecule has 0 spiro atoms. The van der Waals surface area contributed by atoms with Crippen LogP contribution in [0.25, 0.3) is 0 Å². The van der Waals surface area contributed by atoms with Crippen molar-refractivity contribution in [2.75, 3.05) is 13.2 Å². The van der Waals surface area contributed by atoms with Gasteiger partial charge >= 0.3 is 0 Å². The molecular formula is C15H18ClNO2. The van der Waals surface area contributed by atoms with Gasteiger partial charge in [0, 0.05) is 18.2 Å². The highest BCUT2D eigenvalue weighted by atomic mass is 35.5. The molecule has 0 unspecified atom stereocenters. The van der Waals surface area contributed by atoms with Gasteiger partial charge in [-0.05, 0) is 43.4 Å². The summed E-state index contributed by atoms with van der Waals surface area (Å²) in [6, 6.07) is 7.62. The van der Waals surface area contributed by atoms with E-state index in [1.807, 2.05) is 24.3 Å². The molecular weight excluding hydrogens is 262 g/mol. The highest BCUT2D eigenvalue weighted by Crippen LogP contribution is 2.48. The molecule has 1 aromatic rings. The number of ether oxygens (including phenoxy) is 1. The highest BCUT2D eigenvalue weighted by Gasteiger charge is 2.51. The summed E-state index contributed by atoms with van der Waals surface area (Å²) in [6.45, 7) is 1.46. The van der Waals surface area contributed by atoms with E-state index in [4.69, 9.17) is 16.3 Å². The quantitative estimate of drug-likeness (QED) is 0.920. The van der Waals surface area contributed by atoms with Crippen LogP contribution in [0, 0.1) is 0 Å². The van der Waals surface area contributed by atoms with Gasteiger partial charge in [0.15, 0.2) is 0 Å². The first kappa shape index (κ1) is 12.9. The van der Waals surface area contributed by atoms with Crippen LogP contribution in [0.15, 0.2) is 24.3 Å². The van der Waals surface area contributed by atoms with Gasteiger partial charge in [0.05, 0.1) is 11.5 Å². The average Bonchev–Trinajstić information content (AvgIpc) is 3.07. The second-order valence-electron chi connectivity index (χ2n) is 5.43. The zero-order valence-corrected chi connectivity index (χ0v) is 11.6. The summed E-state index contributed by atoms with van der Waals surface area (Å²) in [5, 5.41) is 3.75. The van der Waals surface area contributed by atoms with Gasteiger partial charge in [-0.15, -0.1) is 0 Å². The Morgan fingerprint density at radius 3 is 2.68 bits per heavy atom. The lowest BCUT2D eigenvalue weighted by molar-refractivity contribution is -0.124. The lowest BCUT2D eigenvalue weighted by Gasteiger charge is -2.17. The maximum Gasteiger partial charge on any atom is 0.230 e. The van der Waals surface area contributed by atoms with Crippen LogP contribution < -0.4 is 5.32 Å². The van der Waals surface area contributed by atoms with Crippen LogP contribution in [0.5, 0.6) is 0 Å². The molecule has 19 heavy (non-hydrogen) atoms. The maximum atomic E-state index is 12.4. The predicted molar refractivity (Wildman–Crippen MR) is 74.3 cm³/mol. The number of hydrogen-bond donors (Lipinski definition) is 1. The molecule has 2 fully saturated rings. The van der Waals surface area contributed by atoms with E-state index in [1.54, 1.807) is 0 Å². The van der Waals surface area contributed by atoms with Crippen molar-refractivity contribution in [3.63, 3.8) is 0 Å². The van der Waals surface area contributed by atoms with E-state index in [2.05, 4.69) is 5.32 Å². The number of nitrogens with one attached hydrogen (secondary N) is 1. The Morgan fingerprint density at radius 2 is 2.11 bits per heavy atom. The van der Waals surface area contributed by atoms with Crippen LogP contribution >= 0.6 is 11.6 Å². The number of amides is 1. The summed E-state index contributed by atoms with van der Waals surface area (Å²) in [5.41, 5.74) is 0.755. The zero-order chi connectivity index (χ0) is 13.3. The third kappa shape index (κ3) is 2.63. The number of hydrogen-bond acceptors (Lipinski definition) is 2. The fraction of sp³-hybridized carbons (Fsp3) is 0.533. The molecule has 0 radical (unpaired) electrons. The van der Waals surface area contributed by atoms with E-state index >= 15 is 0 Å². The minimum absolute atomic E-state index is 0.130. The van der Waals surface area contributed by atoms with Gasteiger partial charge in [-0.25, -0.2) is 0 Å². The maximum absolute atomic E-state index is 12.4. The standard InChI is InChI=1S/C15H18ClNO2/c16-12-5-3-11(4-6-12)15(7-8-15)14(18)17-10-13-2-1-9-19-13/h3-6,13H,1-2,7-10H2,(H,17,18)/t13-/m1/s1. The van der Waals surface area contributed by atoms with Gasteiger partial charge in [-0.3, -0.25) is 4.79 Å². The van der Waals surface area contributed by atoms with E-state index in [0.717, 1.165) is 37.9 Å². The van der Waals surface area contributed by atoms with E-state index in [1.165, 1.54) is 0 Å². The third-order valence-corrected chi connectivity index (χ3v) is 4.35. The molecule has 0 bridgehead atoms. The zero-order valence-electron chi connectivity index (χ0n) is 10.8. The van der Waals surface area contributed by atoms with Gasteiger partial charge in [-0.2, -0.15) is 0 Å². The number of rotatable bonds is 4. The van der Waals surface area contributed by atoms with Crippen LogP contribution in [-0.2, 0) is 14.9 Å². The van der Waals surface area contributed by atoms with Crippen molar-refractivity contribution in [1.29, 1.82) is 0 Å². The average molecular weight is 280 g/mol. The third-order valence-electron chi connectivity index (χ3n) is 4.10. The molecule has 1 atom stereocenters. The van der Waals surface area contributed by atoms with Gasteiger partial charge in [0.25, 0.3) is 0 Å². The second-order valence-corrected chi connectivity index (χ2v) is 5.87. The number of benzene rings is 1. The van der Waals surface area contributed by atoms with Crippen molar-refractivity contribution in [2.24, 2.45) is 0 Å². The van der Waals surface area contributed by atoms with Crippen molar-refractivity contribution < 1.29 is 9.53 Å². The summed E-state index contributed by atoms with van der Waals surface area (Å²) in [5.74, 6) is 0.130. The molecule has 3 nitrogen and oxygen atoms in total. The van der Waals surface area contributed by atoms with Crippen molar-refractivity contribution >= 4 is 17.5 Å². The van der Waals surface area contributed by atoms with Crippen LogP contribution in [0.3, 0.4) is 0 Å². The van der Waals surface area contributed by atoms with Gasteiger partial charge in [0.2, 0.25) is 5.91 Å². The summed E-state index contributed by atoms with van der Waals surface area (Å²) in [7, 11) is 0. The molecule has 1 aliphatic carbocycles. The second kappa shape index (κ2) is 5.14. The highest BCUT2D eigenvalue weighted by molar-refractivity contribution is 6.30. The van der Waals surface area contributed by atoms with E-state index in [-0.39, 0.29) is 17.4 Å². The minimum Gasteiger partial charge on any atom is -0.376 e. The Hall–Kier alpha value is -1.06. The largest absolute Gasteiger partial charge is 0.376 e. The van der Waals surface area contributed by atoms with E-state index < -0.39 is 0 Å². The first-order valence-corrected chi connectivity index (χ1v) is 7.24. The Labute approximate surface area is 118 Å². The molecule has 1 aromatic carbocycles. The Bertz CT molecular complexity index is 462. The lowest BCUT2D eigenvalue weighted by atomic mass is 9.95. The molecule has 3 rings (SSSR count). The monoisotopic (exact) mass is 279 g/mol. The van der Waals surface area contributed by atoms with Crippen molar-refractivity contribution in [2.45, 2.75) is 37.2 Å². The van der Waals surface area contributed by atoms with Gasteiger partial charge < -0.3 is 10.1 Å². The SMILES string of the molecule is O=C(NC[C@H]1CCCO1)C1(c2ccc(Cl)cc2)CC1. The summed E-state index contributed by atoms with van der Waals surface area (Å²) in [6.07, 6.45) is 4.19. The molecule has 1 amide bonds. The van der Waals surface area contributed by atoms with Crippen LogP contribution in [0.4, 0.5) is 0 Å². The van der Waals surface area contributed by atoms with Crippen LogP contribution in [-0.4, -0.2) is 25.2 Å². The molecule has 1 saturated heterocycles. The van der Waals surface area contributed by atoms with E-state index in [9.17, 15) is 4.79 Å². The number of halogens is 1. The molecule has 0 aromatic heterocycles. The fourth-order valence-corrected chi connectivity index (χ4v) is 2.85. The molecule has 4 heteroatoms. The first-order valence-electron chi connectivity index (χ1n) is 6.87. The van der Waals surface area contributed by atoms with Crippen molar-refractivity contribution in [3.8, 4) is 0 Å². The topological polar surface area (TPSA) is 38.3 Å². The molecule has 1 heterocycles. The fourth-order valence-electron chi connectivity index (χ4n) is 2.72.